The molecule has 1 aliphatic rings. The topological polar surface area (TPSA) is 41.1 Å². The van der Waals surface area contributed by atoms with Gasteiger partial charge in [-0.15, -0.1) is 0 Å². The Kier molecular flexibility index (Phi) is 4.40. The number of hydrogen-bond acceptors (Lipinski definition) is 4. The van der Waals surface area contributed by atoms with Crippen LogP contribution in [0.25, 0.3) is 0 Å². The maximum atomic E-state index is 4.44. The van der Waals surface area contributed by atoms with E-state index >= 15 is 0 Å². The second kappa shape index (κ2) is 5.87. The molecule has 2 rings (SSSR count). The SMILES string of the molecule is Cc1cnc(N2CCCC(CNC(C)(C)C)C2)nc1. The molecule has 1 N–H and O–H groups in total. The van der Waals surface area contributed by atoms with Crippen LogP contribution < -0.4 is 10.2 Å². The van der Waals surface area contributed by atoms with Gasteiger partial charge < -0.3 is 10.2 Å². The average molecular weight is 262 g/mol. The maximum Gasteiger partial charge on any atom is 0.225 e. The Morgan fingerprint density at radius 3 is 2.63 bits per heavy atom. The summed E-state index contributed by atoms with van der Waals surface area (Å²) in [6, 6.07) is 0. The van der Waals surface area contributed by atoms with Crippen molar-refractivity contribution >= 4 is 5.95 Å². The fourth-order valence-corrected chi connectivity index (χ4v) is 2.41. The first-order valence-electron chi connectivity index (χ1n) is 7.23. The molecule has 1 atom stereocenters. The smallest absolute Gasteiger partial charge is 0.225 e. The summed E-state index contributed by atoms with van der Waals surface area (Å²) >= 11 is 0. The van der Waals surface area contributed by atoms with Crippen molar-refractivity contribution in [1.29, 1.82) is 0 Å². The predicted molar refractivity (Wildman–Crippen MR) is 79.5 cm³/mol. The summed E-state index contributed by atoms with van der Waals surface area (Å²) in [4.78, 5) is 11.2. The second-order valence-corrected chi connectivity index (χ2v) is 6.65. The van der Waals surface area contributed by atoms with Crippen LogP contribution in [0.15, 0.2) is 12.4 Å². The van der Waals surface area contributed by atoms with Crippen molar-refractivity contribution in [3.05, 3.63) is 18.0 Å². The lowest BCUT2D eigenvalue weighted by molar-refractivity contribution is 0.334. The lowest BCUT2D eigenvalue weighted by Gasteiger charge is -2.34. The molecular weight excluding hydrogens is 236 g/mol. The average Bonchev–Trinajstić information content (AvgIpc) is 2.37. The summed E-state index contributed by atoms with van der Waals surface area (Å²) in [5.41, 5.74) is 1.31. The molecule has 1 aromatic heterocycles. The third kappa shape index (κ3) is 4.46. The van der Waals surface area contributed by atoms with Gasteiger partial charge in [-0.05, 0) is 52.0 Å². The van der Waals surface area contributed by atoms with Crippen LogP contribution in [0.4, 0.5) is 5.95 Å². The van der Waals surface area contributed by atoms with E-state index in [1.807, 2.05) is 19.3 Å². The molecular formula is C15H26N4. The molecule has 1 fully saturated rings. The van der Waals surface area contributed by atoms with Crippen molar-refractivity contribution < 1.29 is 0 Å². The van der Waals surface area contributed by atoms with E-state index in [-0.39, 0.29) is 5.54 Å². The van der Waals surface area contributed by atoms with Crippen molar-refractivity contribution in [3.63, 3.8) is 0 Å². The van der Waals surface area contributed by atoms with E-state index in [1.54, 1.807) is 0 Å². The number of piperidine rings is 1. The molecule has 4 nitrogen and oxygen atoms in total. The highest BCUT2D eigenvalue weighted by Gasteiger charge is 2.22. The van der Waals surface area contributed by atoms with Crippen LogP contribution in [-0.2, 0) is 0 Å². The molecule has 2 heterocycles. The van der Waals surface area contributed by atoms with Crippen LogP contribution in [0.2, 0.25) is 0 Å². The number of nitrogens with zero attached hydrogens (tertiary/aromatic N) is 3. The molecule has 0 spiro atoms. The van der Waals surface area contributed by atoms with E-state index < -0.39 is 0 Å². The summed E-state index contributed by atoms with van der Waals surface area (Å²) in [6.45, 7) is 11.9. The van der Waals surface area contributed by atoms with Crippen molar-refractivity contribution in [2.24, 2.45) is 5.92 Å². The lowest BCUT2D eigenvalue weighted by atomic mass is 9.97. The van der Waals surface area contributed by atoms with E-state index in [4.69, 9.17) is 0 Å². The Balaban J connectivity index is 1.91. The van der Waals surface area contributed by atoms with Gasteiger partial charge in [0, 0.05) is 37.6 Å². The van der Waals surface area contributed by atoms with Crippen molar-refractivity contribution in [1.82, 2.24) is 15.3 Å². The van der Waals surface area contributed by atoms with E-state index in [2.05, 4.69) is 41.0 Å². The van der Waals surface area contributed by atoms with Crippen LogP contribution >= 0.6 is 0 Å². The van der Waals surface area contributed by atoms with E-state index in [9.17, 15) is 0 Å². The minimum absolute atomic E-state index is 0.197. The first-order valence-corrected chi connectivity index (χ1v) is 7.23. The number of rotatable bonds is 3. The molecule has 1 unspecified atom stereocenters. The summed E-state index contributed by atoms with van der Waals surface area (Å²) in [6.07, 6.45) is 6.33. The quantitative estimate of drug-likeness (QED) is 0.908. The molecule has 1 saturated heterocycles. The first-order chi connectivity index (χ1) is 8.94. The molecule has 1 aromatic rings. The third-order valence-corrected chi connectivity index (χ3v) is 3.49. The standard InChI is InChI=1S/C15H26N4/c1-12-8-16-14(17-9-12)19-7-5-6-13(11-19)10-18-15(2,3)4/h8-9,13,18H,5-7,10-11H2,1-4H3. The summed E-state index contributed by atoms with van der Waals surface area (Å²) in [5, 5.41) is 3.61. The highest BCUT2D eigenvalue weighted by Crippen LogP contribution is 2.20. The van der Waals surface area contributed by atoms with Crippen LogP contribution in [0.5, 0.6) is 0 Å². The lowest BCUT2D eigenvalue weighted by Crippen LogP contribution is -2.45. The highest BCUT2D eigenvalue weighted by atomic mass is 15.3. The summed E-state index contributed by atoms with van der Waals surface area (Å²) in [7, 11) is 0. The Bertz CT molecular complexity index is 394. The molecule has 0 bridgehead atoms. The monoisotopic (exact) mass is 262 g/mol. The largest absolute Gasteiger partial charge is 0.341 e. The van der Waals surface area contributed by atoms with Crippen LogP contribution in [0.1, 0.15) is 39.2 Å². The fourth-order valence-electron chi connectivity index (χ4n) is 2.41. The Morgan fingerprint density at radius 2 is 2.00 bits per heavy atom. The van der Waals surface area contributed by atoms with E-state index in [0.717, 1.165) is 31.1 Å². The second-order valence-electron chi connectivity index (χ2n) is 6.65. The van der Waals surface area contributed by atoms with Gasteiger partial charge in [0.25, 0.3) is 0 Å². The van der Waals surface area contributed by atoms with Crippen LogP contribution in [0, 0.1) is 12.8 Å². The molecule has 0 saturated carbocycles. The van der Waals surface area contributed by atoms with Crippen molar-refractivity contribution in [2.45, 2.75) is 46.1 Å². The summed E-state index contributed by atoms with van der Waals surface area (Å²) in [5.74, 6) is 1.57. The number of nitrogens with one attached hydrogen (secondary N) is 1. The molecule has 0 aromatic carbocycles. The van der Waals surface area contributed by atoms with E-state index in [1.165, 1.54) is 12.8 Å². The molecule has 1 aliphatic heterocycles. The number of aryl methyl sites for hydroxylation is 1. The molecule has 0 aliphatic carbocycles. The first kappa shape index (κ1) is 14.3. The Morgan fingerprint density at radius 1 is 1.32 bits per heavy atom. The van der Waals surface area contributed by atoms with Crippen LogP contribution in [-0.4, -0.2) is 35.1 Å². The van der Waals surface area contributed by atoms with E-state index in [0.29, 0.717) is 5.92 Å². The van der Waals surface area contributed by atoms with Gasteiger partial charge in [-0.25, -0.2) is 9.97 Å². The van der Waals surface area contributed by atoms with Gasteiger partial charge in [-0.2, -0.15) is 0 Å². The van der Waals surface area contributed by atoms with Gasteiger partial charge in [-0.3, -0.25) is 0 Å². The van der Waals surface area contributed by atoms with Gasteiger partial charge in [0.2, 0.25) is 5.95 Å². The highest BCUT2D eigenvalue weighted by molar-refractivity contribution is 5.30. The Labute approximate surface area is 116 Å². The fraction of sp³-hybridized carbons (Fsp3) is 0.733. The zero-order valence-corrected chi connectivity index (χ0v) is 12.6. The molecule has 0 amide bonds. The minimum atomic E-state index is 0.197. The minimum Gasteiger partial charge on any atom is -0.341 e. The molecule has 19 heavy (non-hydrogen) atoms. The number of aromatic nitrogens is 2. The molecule has 0 radical (unpaired) electrons. The van der Waals surface area contributed by atoms with Gasteiger partial charge in [-0.1, -0.05) is 0 Å². The third-order valence-electron chi connectivity index (χ3n) is 3.49. The normalized spacial score (nSPS) is 20.6. The predicted octanol–water partition coefficient (Wildman–Crippen LogP) is 2.39. The zero-order valence-electron chi connectivity index (χ0n) is 12.6. The summed E-state index contributed by atoms with van der Waals surface area (Å²) < 4.78 is 0. The Hall–Kier alpha value is -1.16. The molecule has 106 valence electrons. The van der Waals surface area contributed by atoms with Gasteiger partial charge >= 0.3 is 0 Å². The maximum absolute atomic E-state index is 4.44. The van der Waals surface area contributed by atoms with Gasteiger partial charge in [0.05, 0.1) is 0 Å². The zero-order chi connectivity index (χ0) is 13.9. The van der Waals surface area contributed by atoms with Gasteiger partial charge in [0.1, 0.15) is 0 Å². The van der Waals surface area contributed by atoms with Gasteiger partial charge in [0.15, 0.2) is 0 Å². The van der Waals surface area contributed by atoms with Crippen molar-refractivity contribution in [3.8, 4) is 0 Å². The number of anilines is 1. The van der Waals surface area contributed by atoms with Crippen molar-refractivity contribution in [2.75, 3.05) is 24.5 Å². The number of hydrogen-bond donors (Lipinski definition) is 1. The van der Waals surface area contributed by atoms with Crippen LogP contribution in [0.3, 0.4) is 0 Å². The molecule has 4 heteroatoms.